The van der Waals surface area contributed by atoms with Crippen molar-refractivity contribution in [1.29, 1.82) is 0 Å². The highest BCUT2D eigenvalue weighted by Crippen LogP contribution is 2.42. The van der Waals surface area contributed by atoms with Gasteiger partial charge in [-0.25, -0.2) is 0 Å². The predicted octanol–water partition coefficient (Wildman–Crippen LogP) is 8.08. The summed E-state index contributed by atoms with van der Waals surface area (Å²) >= 11 is 0. The lowest BCUT2D eigenvalue weighted by Crippen LogP contribution is -2.08. The Hall–Kier alpha value is -4.37. The summed E-state index contributed by atoms with van der Waals surface area (Å²) in [5.41, 5.74) is 5.31. The molecule has 0 fully saturated rings. The lowest BCUT2D eigenvalue weighted by atomic mass is 9.85. The van der Waals surface area contributed by atoms with Crippen LogP contribution in [0.5, 0.6) is 23.0 Å². The number of Topliss-reactive ketones (excluding diaryl/α,β-unsaturated/α-hetero) is 1. The van der Waals surface area contributed by atoms with E-state index in [1.54, 1.807) is 21.3 Å². The molecule has 0 radical (unpaired) electrons. The van der Waals surface area contributed by atoms with Gasteiger partial charge in [0.15, 0.2) is 26.2 Å². The molecule has 0 aliphatic heterocycles. The Morgan fingerprint density at radius 1 is 0.652 bits per heavy atom. The van der Waals surface area contributed by atoms with Gasteiger partial charge in [0.1, 0.15) is 23.0 Å². The Morgan fingerprint density at radius 2 is 1.11 bits per heavy atom. The van der Waals surface area contributed by atoms with E-state index in [4.69, 9.17) is 28.4 Å². The summed E-state index contributed by atoms with van der Waals surface area (Å²) in [7, 11) is 4.72. The quantitative estimate of drug-likeness (QED) is 0.0874. The maximum absolute atomic E-state index is 14.1. The number of methoxy groups -OCH3 is 3. The predicted molar refractivity (Wildman–Crippen MR) is 179 cm³/mol. The molecule has 0 aromatic heterocycles. The van der Waals surface area contributed by atoms with Crippen LogP contribution < -0.4 is 14.2 Å². The molecule has 1 N–H and O–H groups in total. The maximum Gasteiger partial charge on any atom is 0.188 e. The molecule has 0 aliphatic carbocycles. The molecule has 0 unspecified atom stereocenters. The fourth-order valence-electron chi connectivity index (χ4n) is 5.14. The third-order valence-corrected chi connectivity index (χ3v) is 7.58. The van der Waals surface area contributed by atoms with Crippen LogP contribution in [0.2, 0.25) is 0 Å². The van der Waals surface area contributed by atoms with Crippen LogP contribution in [0.3, 0.4) is 0 Å². The molecule has 0 saturated carbocycles. The van der Waals surface area contributed by atoms with E-state index in [0.717, 1.165) is 34.2 Å². The lowest BCUT2D eigenvalue weighted by Gasteiger charge is -2.20. The van der Waals surface area contributed by atoms with Gasteiger partial charge >= 0.3 is 0 Å². The van der Waals surface area contributed by atoms with Crippen LogP contribution in [0.25, 0.3) is 22.3 Å². The molecule has 0 atom stereocenters. The Labute approximate surface area is 271 Å². The molecule has 0 heterocycles. The van der Waals surface area contributed by atoms with Gasteiger partial charge in [0.05, 0.1) is 5.56 Å². The third kappa shape index (κ3) is 9.33. The number of phenols is 1. The number of aromatic hydroxyl groups is 1. The second-order valence-electron chi connectivity index (χ2n) is 11.4. The second kappa shape index (κ2) is 17.4. The van der Waals surface area contributed by atoms with Crippen molar-refractivity contribution < 1.29 is 38.3 Å². The molecule has 4 aromatic rings. The first kappa shape index (κ1) is 34.5. The number of ketones is 1. The molecule has 46 heavy (non-hydrogen) atoms. The summed E-state index contributed by atoms with van der Waals surface area (Å²) in [5.74, 6) is 2.31. The largest absolute Gasteiger partial charge is 0.507 e. The summed E-state index contributed by atoms with van der Waals surface area (Å²) < 4.78 is 31.7. The number of hydrogen-bond donors (Lipinski definition) is 1. The molecule has 8 heteroatoms. The van der Waals surface area contributed by atoms with Crippen LogP contribution in [-0.2, 0) is 27.1 Å². The number of ether oxygens (including phenoxy) is 6. The first-order chi connectivity index (χ1) is 22.3. The Balaban J connectivity index is 1.77. The molecule has 0 saturated heterocycles. The number of benzene rings is 4. The normalized spacial score (nSPS) is 11.1. The van der Waals surface area contributed by atoms with Gasteiger partial charge in [-0.05, 0) is 95.5 Å². The monoisotopic (exact) mass is 628 g/mol. The molecule has 244 valence electrons. The highest BCUT2D eigenvalue weighted by Gasteiger charge is 2.24. The van der Waals surface area contributed by atoms with Crippen molar-refractivity contribution in [2.75, 3.05) is 41.7 Å². The van der Waals surface area contributed by atoms with Crippen LogP contribution in [0.15, 0.2) is 78.9 Å². The Bertz CT molecular complexity index is 1530. The molecule has 0 spiro atoms. The van der Waals surface area contributed by atoms with Gasteiger partial charge in [-0.3, -0.25) is 4.79 Å². The fraction of sp³-hybridized carbons (Fsp3) is 0.342. The summed E-state index contributed by atoms with van der Waals surface area (Å²) in [6, 6.07) is 24.8. The van der Waals surface area contributed by atoms with Gasteiger partial charge in [-0.2, -0.15) is 0 Å². The van der Waals surface area contributed by atoms with Gasteiger partial charge in [-0.15, -0.1) is 0 Å². The number of rotatable bonds is 18. The highest BCUT2D eigenvalue weighted by molar-refractivity contribution is 6.06. The Kier molecular flexibility index (Phi) is 13.0. The molecule has 0 amide bonds. The minimum atomic E-state index is -0.132. The average Bonchev–Trinajstić information content (AvgIpc) is 3.07. The topological polar surface area (TPSA) is 92.7 Å². The highest BCUT2D eigenvalue weighted by atomic mass is 16.7. The van der Waals surface area contributed by atoms with Gasteiger partial charge in [-0.1, -0.05) is 50.2 Å². The van der Waals surface area contributed by atoms with Crippen molar-refractivity contribution in [3.05, 3.63) is 95.6 Å². The number of hydrogen-bond acceptors (Lipinski definition) is 8. The van der Waals surface area contributed by atoms with Crippen LogP contribution in [-0.4, -0.2) is 52.6 Å². The first-order valence-corrected chi connectivity index (χ1v) is 15.4. The zero-order chi connectivity index (χ0) is 32.9. The zero-order valence-corrected chi connectivity index (χ0v) is 27.3. The third-order valence-electron chi connectivity index (χ3n) is 7.58. The summed E-state index contributed by atoms with van der Waals surface area (Å²) in [6.45, 7) is 4.74. The smallest absolute Gasteiger partial charge is 0.188 e. The van der Waals surface area contributed by atoms with Crippen molar-refractivity contribution in [1.82, 2.24) is 0 Å². The number of carbonyl (C=O) groups is 1. The van der Waals surface area contributed by atoms with Crippen molar-refractivity contribution in [2.45, 2.75) is 39.5 Å². The van der Waals surface area contributed by atoms with Crippen LogP contribution in [0.1, 0.15) is 48.2 Å². The average molecular weight is 629 g/mol. The maximum atomic E-state index is 14.1. The van der Waals surface area contributed by atoms with E-state index < -0.39 is 0 Å². The number of phenolic OH excluding ortho intramolecular Hbond substituents is 1. The van der Waals surface area contributed by atoms with E-state index in [1.807, 2.05) is 78.9 Å². The van der Waals surface area contributed by atoms with Crippen molar-refractivity contribution in [3.8, 4) is 45.3 Å². The molecular formula is C38H44O8. The van der Waals surface area contributed by atoms with E-state index >= 15 is 0 Å². The van der Waals surface area contributed by atoms with Gasteiger partial charge in [0.25, 0.3) is 0 Å². The standard InChI is InChI=1S/C38H44O8/c1-26(2)6-20-33-34(28-10-16-31(17-11-28)45-24-42-4)22-35(29-12-18-32(19-13-29)46-25-43-5)37(38(33)40)36(39)21-9-27-7-14-30(15-8-27)44-23-41-3/h7-8,10-19,22,26,40H,6,9,20-21,23-25H2,1-5H3. The second-order valence-corrected chi connectivity index (χ2v) is 11.4. The molecule has 0 bridgehead atoms. The minimum Gasteiger partial charge on any atom is -0.507 e. The SMILES string of the molecule is COCOc1ccc(CCC(=O)c2c(-c3ccc(OCOC)cc3)cc(-c3ccc(OCOC)cc3)c(CCC(C)C)c2O)cc1. The minimum absolute atomic E-state index is 0.0286. The van der Waals surface area contributed by atoms with Crippen LogP contribution in [0, 0.1) is 5.92 Å². The number of carbonyl (C=O) groups excluding carboxylic acids is 1. The molecule has 4 aromatic carbocycles. The van der Waals surface area contributed by atoms with Crippen molar-refractivity contribution in [2.24, 2.45) is 5.92 Å². The van der Waals surface area contributed by atoms with Crippen molar-refractivity contribution in [3.63, 3.8) is 0 Å². The molecule has 0 aliphatic rings. The van der Waals surface area contributed by atoms with Crippen molar-refractivity contribution >= 4 is 5.78 Å². The van der Waals surface area contributed by atoms with Gasteiger partial charge < -0.3 is 33.5 Å². The molecule has 4 rings (SSSR count). The van der Waals surface area contributed by atoms with Gasteiger partial charge in [0, 0.05) is 33.3 Å². The number of aryl methyl sites for hydroxylation is 1. The van der Waals surface area contributed by atoms with E-state index in [1.165, 1.54) is 0 Å². The van der Waals surface area contributed by atoms with E-state index in [0.29, 0.717) is 47.1 Å². The fourth-order valence-corrected chi connectivity index (χ4v) is 5.14. The van der Waals surface area contributed by atoms with Crippen LogP contribution in [0.4, 0.5) is 0 Å². The Morgan fingerprint density at radius 3 is 1.57 bits per heavy atom. The summed E-state index contributed by atoms with van der Waals surface area (Å²) in [5, 5.41) is 12.0. The van der Waals surface area contributed by atoms with E-state index in [9.17, 15) is 9.90 Å². The molecule has 8 nitrogen and oxygen atoms in total. The summed E-state index contributed by atoms with van der Waals surface area (Å²) in [6.07, 6.45) is 2.21. The zero-order valence-electron chi connectivity index (χ0n) is 27.3. The van der Waals surface area contributed by atoms with Crippen LogP contribution >= 0.6 is 0 Å². The first-order valence-electron chi connectivity index (χ1n) is 15.4. The summed E-state index contributed by atoms with van der Waals surface area (Å²) in [4.78, 5) is 14.1. The lowest BCUT2D eigenvalue weighted by molar-refractivity contribution is 0.0509. The molecular weight excluding hydrogens is 584 g/mol. The van der Waals surface area contributed by atoms with E-state index in [-0.39, 0.29) is 38.3 Å². The van der Waals surface area contributed by atoms with Gasteiger partial charge in [0.2, 0.25) is 0 Å². The van der Waals surface area contributed by atoms with E-state index in [2.05, 4.69) is 13.8 Å².